The van der Waals surface area contributed by atoms with E-state index < -0.39 is 0 Å². The van der Waals surface area contributed by atoms with E-state index in [9.17, 15) is 4.79 Å². The van der Waals surface area contributed by atoms with Gasteiger partial charge in [0.2, 0.25) is 5.91 Å². The quantitative estimate of drug-likeness (QED) is 0.787. The first-order valence-corrected chi connectivity index (χ1v) is 9.47. The van der Waals surface area contributed by atoms with Crippen LogP contribution in [0.4, 0.5) is 5.69 Å². The zero-order valence-electron chi connectivity index (χ0n) is 14.3. The van der Waals surface area contributed by atoms with Gasteiger partial charge in [0.1, 0.15) is 5.25 Å². The molecule has 1 heterocycles. The van der Waals surface area contributed by atoms with Crippen molar-refractivity contribution in [2.45, 2.75) is 24.0 Å². The van der Waals surface area contributed by atoms with Gasteiger partial charge in [-0.3, -0.25) is 4.79 Å². The van der Waals surface area contributed by atoms with Crippen molar-refractivity contribution in [1.82, 2.24) is 4.90 Å². The van der Waals surface area contributed by atoms with Gasteiger partial charge in [0.25, 0.3) is 0 Å². The smallest absolute Gasteiger partial charge is 0.245 e. The van der Waals surface area contributed by atoms with Gasteiger partial charge in [-0.15, -0.1) is 11.8 Å². The van der Waals surface area contributed by atoms with E-state index in [1.807, 2.05) is 47.4 Å². The third-order valence-corrected chi connectivity index (χ3v) is 5.84. The number of hydrogen-bond acceptors (Lipinski definition) is 3. The molecule has 0 spiro atoms. The number of hydrogen-bond donors (Lipinski definition) is 0. The third kappa shape index (κ3) is 3.50. The van der Waals surface area contributed by atoms with Crippen LogP contribution in [0.25, 0.3) is 0 Å². The summed E-state index contributed by atoms with van der Waals surface area (Å²) in [6.07, 6.45) is 0. The first kappa shape index (κ1) is 17.1. The number of para-hydroxylation sites is 1. The third-order valence-electron chi connectivity index (χ3n) is 4.53. The van der Waals surface area contributed by atoms with E-state index in [-0.39, 0.29) is 11.2 Å². The van der Waals surface area contributed by atoms with Crippen molar-refractivity contribution < 1.29 is 4.79 Å². The molecule has 0 saturated heterocycles. The molecule has 0 radical (unpaired) electrons. The summed E-state index contributed by atoms with van der Waals surface area (Å²) in [5, 5.41) is -0.155. The molecule has 0 bridgehead atoms. The average Bonchev–Trinajstić information content (AvgIpc) is 2.64. The molecule has 0 saturated carbocycles. The number of amides is 1. The zero-order chi connectivity index (χ0) is 16.9. The maximum atomic E-state index is 13.2. The standard InChI is InChI=1S/C20H24N2OS/c1-3-21(4-2)14-15-22-17-12-8-9-13-18(17)24-19(20(22)23)16-10-6-5-7-11-16/h5-13,19H,3-4,14-15H2,1-2H3/t19-/m1/s1. The van der Waals surface area contributed by atoms with Crippen LogP contribution in [0.5, 0.6) is 0 Å². The Hall–Kier alpha value is -1.78. The monoisotopic (exact) mass is 340 g/mol. The maximum absolute atomic E-state index is 13.2. The Bertz CT molecular complexity index is 685. The van der Waals surface area contributed by atoms with Crippen LogP contribution in [0.2, 0.25) is 0 Å². The molecular formula is C20H24N2OS. The fourth-order valence-electron chi connectivity index (χ4n) is 3.07. The number of benzene rings is 2. The minimum Gasteiger partial charge on any atom is -0.309 e. The highest BCUT2D eigenvalue weighted by Crippen LogP contribution is 2.46. The molecule has 0 fully saturated rings. The van der Waals surface area contributed by atoms with Crippen molar-refractivity contribution in [1.29, 1.82) is 0 Å². The Morgan fingerprint density at radius 2 is 1.67 bits per heavy atom. The highest BCUT2D eigenvalue weighted by Gasteiger charge is 2.34. The number of fused-ring (bicyclic) bond motifs is 1. The van der Waals surface area contributed by atoms with Crippen LogP contribution >= 0.6 is 11.8 Å². The lowest BCUT2D eigenvalue weighted by Crippen LogP contribution is -2.42. The summed E-state index contributed by atoms with van der Waals surface area (Å²) in [5.41, 5.74) is 2.13. The number of rotatable bonds is 6. The number of carbonyl (C=O) groups excluding carboxylic acids is 1. The van der Waals surface area contributed by atoms with E-state index in [0.29, 0.717) is 0 Å². The molecule has 126 valence electrons. The normalized spacial score (nSPS) is 17.2. The van der Waals surface area contributed by atoms with Gasteiger partial charge in [-0.05, 0) is 30.8 Å². The van der Waals surface area contributed by atoms with Gasteiger partial charge in [-0.2, -0.15) is 0 Å². The van der Waals surface area contributed by atoms with Crippen molar-refractivity contribution in [2.75, 3.05) is 31.1 Å². The van der Waals surface area contributed by atoms with Crippen LogP contribution in [0.3, 0.4) is 0 Å². The predicted octanol–water partition coefficient (Wildman–Crippen LogP) is 4.21. The van der Waals surface area contributed by atoms with Gasteiger partial charge in [0.15, 0.2) is 0 Å². The van der Waals surface area contributed by atoms with Crippen LogP contribution in [0, 0.1) is 0 Å². The fraction of sp³-hybridized carbons (Fsp3) is 0.350. The molecule has 3 nitrogen and oxygen atoms in total. The van der Waals surface area contributed by atoms with Crippen LogP contribution in [-0.4, -0.2) is 37.0 Å². The van der Waals surface area contributed by atoms with Crippen molar-refractivity contribution in [3.8, 4) is 0 Å². The number of thioether (sulfide) groups is 1. The Morgan fingerprint density at radius 1 is 1.00 bits per heavy atom. The first-order chi connectivity index (χ1) is 11.7. The summed E-state index contributed by atoms with van der Waals surface area (Å²) in [5.74, 6) is 0.192. The molecule has 1 aliphatic heterocycles. The summed E-state index contributed by atoms with van der Waals surface area (Å²) in [4.78, 5) is 18.7. The lowest BCUT2D eigenvalue weighted by molar-refractivity contribution is -0.118. The summed E-state index contributed by atoms with van der Waals surface area (Å²) >= 11 is 1.66. The molecule has 1 aliphatic rings. The second-order valence-electron chi connectivity index (χ2n) is 5.89. The molecule has 0 aromatic heterocycles. The first-order valence-electron chi connectivity index (χ1n) is 8.59. The highest BCUT2D eigenvalue weighted by molar-refractivity contribution is 8.00. The Morgan fingerprint density at radius 3 is 2.38 bits per heavy atom. The highest BCUT2D eigenvalue weighted by atomic mass is 32.2. The maximum Gasteiger partial charge on any atom is 0.245 e. The molecule has 1 atom stereocenters. The van der Waals surface area contributed by atoms with Gasteiger partial charge < -0.3 is 9.80 Å². The summed E-state index contributed by atoms with van der Waals surface area (Å²) < 4.78 is 0. The van der Waals surface area contributed by atoms with Crippen molar-refractivity contribution in [2.24, 2.45) is 0 Å². The van der Waals surface area contributed by atoms with Crippen LogP contribution < -0.4 is 4.90 Å². The molecule has 2 aromatic carbocycles. The molecular weight excluding hydrogens is 316 g/mol. The number of anilines is 1. The van der Waals surface area contributed by atoms with Crippen molar-refractivity contribution in [3.05, 3.63) is 60.2 Å². The molecule has 24 heavy (non-hydrogen) atoms. The van der Waals surface area contributed by atoms with Crippen LogP contribution in [-0.2, 0) is 4.79 Å². The summed E-state index contributed by atoms with van der Waals surface area (Å²) in [7, 11) is 0. The topological polar surface area (TPSA) is 23.6 Å². The minimum atomic E-state index is -0.155. The molecule has 0 aliphatic carbocycles. The molecule has 0 unspecified atom stereocenters. The lowest BCUT2D eigenvalue weighted by Gasteiger charge is -2.35. The molecule has 0 N–H and O–H groups in total. The summed E-state index contributed by atoms with van der Waals surface area (Å²) in [6.45, 7) is 7.99. The fourth-order valence-corrected chi connectivity index (χ4v) is 4.30. The molecule has 1 amide bonds. The van der Waals surface area contributed by atoms with Gasteiger partial charge in [0, 0.05) is 18.0 Å². The molecule has 3 rings (SSSR count). The van der Waals surface area contributed by atoms with E-state index in [0.717, 1.165) is 37.4 Å². The van der Waals surface area contributed by atoms with Gasteiger partial charge in [-0.25, -0.2) is 0 Å². The second kappa shape index (κ2) is 7.86. The predicted molar refractivity (Wildman–Crippen MR) is 102 cm³/mol. The Balaban J connectivity index is 1.89. The average molecular weight is 340 g/mol. The van der Waals surface area contributed by atoms with Crippen molar-refractivity contribution in [3.63, 3.8) is 0 Å². The zero-order valence-corrected chi connectivity index (χ0v) is 15.1. The van der Waals surface area contributed by atoms with Gasteiger partial charge in [0.05, 0.1) is 5.69 Å². The number of likely N-dealkylation sites (N-methyl/N-ethyl adjacent to an activating group) is 1. The van der Waals surface area contributed by atoms with Gasteiger partial charge >= 0.3 is 0 Å². The number of nitrogens with zero attached hydrogens (tertiary/aromatic N) is 2. The molecule has 4 heteroatoms. The van der Waals surface area contributed by atoms with E-state index >= 15 is 0 Å². The van der Waals surface area contributed by atoms with Crippen LogP contribution in [0.1, 0.15) is 24.7 Å². The second-order valence-corrected chi connectivity index (χ2v) is 7.04. The Labute approximate surface area is 148 Å². The van der Waals surface area contributed by atoms with Crippen molar-refractivity contribution >= 4 is 23.4 Å². The van der Waals surface area contributed by atoms with Gasteiger partial charge in [-0.1, -0.05) is 56.3 Å². The summed E-state index contributed by atoms with van der Waals surface area (Å²) in [6, 6.07) is 18.3. The van der Waals surface area contributed by atoms with E-state index in [1.165, 1.54) is 4.90 Å². The van der Waals surface area contributed by atoms with E-state index in [1.54, 1.807) is 11.8 Å². The number of carbonyl (C=O) groups is 1. The SMILES string of the molecule is CCN(CC)CCN1C(=O)[C@@H](c2ccccc2)Sc2ccccc21. The Kier molecular flexibility index (Phi) is 5.59. The minimum absolute atomic E-state index is 0.155. The van der Waals surface area contributed by atoms with Crippen LogP contribution in [0.15, 0.2) is 59.5 Å². The van der Waals surface area contributed by atoms with E-state index in [2.05, 4.69) is 30.9 Å². The largest absolute Gasteiger partial charge is 0.309 e. The lowest BCUT2D eigenvalue weighted by atomic mass is 10.1. The van der Waals surface area contributed by atoms with E-state index in [4.69, 9.17) is 0 Å². The molecule has 2 aromatic rings.